The highest BCUT2D eigenvalue weighted by Crippen LogP contribution is 2.21. The molecular formula is C14H18N4O2. The molecule has 0 spiro atoms. The molecule has 1 N–H and O–H groups in total. The van der Waals surface area contributed by atoms with Crippen LogP contribution in [0.15, 0.2) is 30.6 Å². The lowest BCUT2D eigenvalue weighted by Gasteiger charge is -2.10. The van der Waals surface area contributed by atoms with Crippen LogP contribution in [0, 0.1) is 0 Å². The first-order chi connectivity index (χ1) is 9.72. The van der Waals surface area contributed by atoms with E-state index in [1.165, 1.54) is 0 Å². The van der Waals surface area contributed by atoms with Crippen molar-refractivity contribution in [2.45, 2.75) is 44.6 Å². The minimum Gasteiger partial charge on any atom is -0.380 e. The second-order valence-electron chi connectivity index (χ2n) is 5.17. The van der Waals surface area contributed by atoms with Gasteiger partial charge in [-0.25, -0.2) is 4.68 Å². The lowest BCUT2D eigenvalue weighted by atomic mass is 10.2. The maximum Gasteiger partial charge on any atom is 0.141 e. The van der Waals surface area contributed by atoms with Crippen molar-refractivity contribution in [3.05, 3.63) is 42.0 Å². The molecule has 1 fully saturated rings. The van der Waals surface area contributed by atoms with Gasteiger partial charge in [0.1, 0.15) is 11.8 Å². The number of ether oxygens (including phenoxy) is 1. The van der Waals surface area contributed by atoms with Crippen molar-refractivity contribution < 1.29 is 9.84 Å². The second kappa shape index (κ2) is 5.68. The third kappa shape index (κ3) is 2.86. The Bertz CT molecular complexity index is 557. The molecular weight excluding hydrogens is 256 g/mol. The van der Waals surface area contributed by atoms with Gasteiger partial charge in [0.25, 0.3) is 0 Å². The van der Waals surface area contributed by atoms with Crippen LogP contribution in [0.1, 0.15) is 37.3 Å². The molecule has 20 heavy (non-hydrogen) atoms. The lowest BCUT2D eigenvalue weighted by Crippen LogP contribution is -2.16. The first-order valence-electron chi connectivity index (χ1n) is 6.87. The first-order valence-corrected chi connectivity index (χ1v) is 6.87. The molecule has 0 bridgehead atoms. The van der Waals surface area contributed by atoms with Gasteiger partial charge in [-0.1, -0.05) is 11.3 Å². The number of hydrogen-bond donors (Lipinski definition) is 1. The SMILES string of the molecule is C[C@@H]1CC[C@H](Cn2cc(C(O)c3ccccn3)nn2)O1. The van der Waals surface area contributed by atoms with E-state index in [1.807, 2.05) is 12.1 Å². The normalized spacial score (nSPS) is 23.9. The summed E-state index contributed by atoms with van der Waals surface area (Å²) in [6.07, 6.45) is 5.20. The Labute approximate surface area is 117 Å². The van der Waals surface area contributed by atoms with E-state index in [0.717, 1.165) is 12.8 Å². The molecule has 0 saturated carbocycles. The number of nitrogens with zero attached hydrogens (tertiary/aromatic N) is 4. The van der Waals surface area contributed by atoms with Crippen molar-refractivity contribution >= 4 is 0 Å². The summed E-state index contributed by atoms with van der Waals surface area (Å²) in [4.78, 5) is 4.13. The average Bonchev–Trinajstić information content (AvgIpc) is 3.09. The Morgan fingerprint density at radius 2 is 2.30 bits per heavy atom. The quantitative estimate of drug-likeness (QED) is 0.910. The summed E-state index contributed by atoms with van der Waals surface area (Å²) in [6.45, 7) is 2.75. The van der Waals surface area contributed by atoms with E-state index >= 15 is 0 Å². The zero-order chi connectivity index (χ0) is 13.9. The number of hydrogen-bond acceptors (Lipinski definition) is 5. The molecule has 0 radical (unpaired) electrons. The molecule has 6 nitrogen and oxygen atoms in total. The van der Waals surface area contributed by atoms with Gasteiger partial charge in [-0.2, -0.15) is 0 Å². The Morgan fingerprint density at radius 1 is 1.40 bits per heavy atom. The monoisotopic (exact) mass is 274 g/mol. The molecule has 1 unspecified atom stereocenters. The smallest absolute Gasteiger partial charge is 0.141 e. The third-order valence-corrected chi connectivity index (χ3v) is 3.52. The summed E-state index contributed by atoms with van der Waals surface area (Å²) in [5.74, 6) is 0. The Balaban J connectivity index is 1.67. The molecule has 2 aromatic heterocycles. The van der Waals surface area contributed by atoms with Crippen molar-refractivity contribution in [3.63, 3.8) is 0 Å². The van der Waals surface area contributed by atoms with Gasteiger partial charge in [-0.15, -0.1) is 5.10 Å². The maximum atomic E-state index is 10.2. The summed E-state index contributed by atoms with van der Waals surface area (Å²) in [5.41, 5.74) is 1.08. The third-order valence-electron chi connectivity index (χ3n) is 3.52. The van der Waals surface area contributed by atoms with Crippen molar-refractivity contribution in [2.24, 2.45) is 0 Å². The molecule has 0 aromatic carbocycles. The zero-order valence-corrected chi connectivity index (χ0v) is 11.4. The van der Waals surface area contributed by atoms with E-state index in [2.05, 4.69) is 22.2 Å². The van der Waals surface area contributed by atoms with Crippen LogP contribution in [-0.4, -0.2) is 37.3 Å². The maximum absolute atomic E-state index is 10.2. The zero-order valence-electron chi connectivity index (χ0n) is 11.4. The summed E-state index contributed by atoms with van der Waals surface area (Å²) in [5, 5.41) is 18.3. The minimum atomic E-state index is -0.839. The molecule has 3 heterocycles. The summed E-state index contributed by atoms with van der Waals surface area (Å²) < 4.78 is 7.48. The number of aliphatic hydroxyl groups excluding tert-OH is 1. The summed E-state index contributed by atoms with van der Waals surface area (Å²) in [6, 6.07) is 5.42. The van der Waals surface area contributed by atoms with Crippen molar-refractivity contribution in [2.75, 3.05) is 0 Å². The van der Waals surface area contributed by atoms with Crippen LogP contribution in [0.25, 0.3) is 0 Å². The van der Waals surface area contributed by atoms with E-state index in [9.17, 15) is 5.11 Å². The Morgan fingerprint density at radius 3 is 3.00 bits per heavy atom. The van der Waals surface area contributed by atoms with Crippen LogP contribution in [0.5, 0.6) is 0 Å². The van der Waals surface area contributed by atoms with Crippen molar-refractivity contribution in [1.29, 1.82) is 0 Å². The number of pyridine rings is 1. The highest BCUT2D eigenvalue weighted by molar-refractivity contribution is 5.16. The topological polar surface area (TPSA) is 73.1 Å². The van der Waals surface area contributed by atoms with Crippen LogP contribution in [0.3, 0.4) is 0 Å². The van der Waals surface area contributed by atoms with E-state index in [4.69, 9.17) is 4.74 Å². The largest absolute Gasteiger partial charge is 0.380 e. The van der Waals surface area contributed by atoms with Crippen LogP contribution in [0.2, 0.25) is 0 Å². The van der Waals surface area contributed by atoms with Crippen LogP contribution in [0.4, 0.5) is 0 Å². The van der Waals surface area contributed by atoms with Crippen LogP contribution < -0.4 is 0 Å². The summed E-state index contributed by atoms with van der Waals surface area (Å²) in [7, 11) is 0. The van der Waals surface area contributed by atoms with Gasteiger partial charge in [0, 0.05) is 6.20 Å². The van der Waals surface area contributed by atoms with E-state index in [0.29, 0.717) is 24.0 Å². The Hall–Kier alpha value is -1.79. The lowest BCUT2D eigenvalue weighted by molar-refractivity contribution is 0.0433. The molecule has 1 aliphatic rings. The van der Waals surface area contributed by atoms with E-state index in [1.54, 1.807) is 23.1 Å². The van der Waals surface area contributed by atoms with Crippen molar-refractivity contribution in [3.8, 4) is 0 Å². The van der Waals surface area contributed by atoms with Gasteiger partial charge in [-0.05, 0) is 31.9 Å². The second-order valence-corrected chi connectivity index (χ2v) is 5.17. The minimum absolute atomic E-state index is 0.187. The molecule has 3 rings (SSSR count). The van der Waals surface area contributed by atoms with E-state index < -0.39 is 6.10 Å². The van der Waals surface area contributed by atoms with Gasteiger partial charge < -0.3 is 9.84 Å². The van der Waals surface area contributed by atoms with Gasteiger partial charge in [0.2, 0.25) is 0 Å². The predicted molar refractivity (Wildman–Crippen MR) is 71.9 cm³/mol. The van der Waals surface area contributed by atoms with Crippen molar-refractivity contribution in [1.82, 2.24) is 20.0 Å². The van der Waals surface area contributed by atoms with Gasteiger partial charge in [0.15, 0.2) is 0 Å². The average molecular weight is 274 g/mol. The molecule has 1 saturated heterocycles. The number of aliphatic hydroxyl groups is 1. The Kier molecular flexibility index (Phi) is 3.75. The highest BCUT2D eigenvalue weighted by Gasteiger charge is 2.23. The van der Waals surface area contributed by atoms with E-state index in [-0.39, 0.29) is 6.10 Å². The number of rotatable bonds is 4. The molecule has 6 heteroatoms. The van der Waals surface area contributed by atoms with Crippen LogP contribution >= 0.6 is 0 Å². The standard InChI is InChI=1S/C14H18N4O2/c1-10-5-6-11(20-10)8-18-9-13(16-17-18)14(19)12-4-2-3-7-15-12/h2-4,7,9-11,14,19H,5-6,8H2,1H3/t10-,11-,14?/m1/s1. The molecule has 106 valence electrons. The number of aromatic nitrogens is 4. The van der Waals surface area contributed by atoms with Gasteiger partial charge >= 0.3 is 0 Å². The summed E-state index contributed by atoms with van der Waals surface area (Å²) >= 11 is 0. The predicted octanol–water partition coefficient (Wildman–Crippen LogP) is 1.32. The fraction of sp³-hybridized carbons (Fsp3) is 0.500. The van der Waals surface area contributed by atoms with Crippen LogP contribution in [-0.2, 0) is 11.3 Å². The highest BCUT2D eigenvalue weighted by atomic mass is 16.5. The molecule has 0 aliphatic carbocycles. The molecule has 0 amide bonds. The fourth-order valence-corrected chi connectivity index (χ4v) is 2.45. The molecule has 3 atom stereocenters. The fourth-order valence-electron chi connectivity index (χ4n) is 2.45. The van der Waals surface area contributed by atoms with Gasteiger partial charge in [-0.3, -0.25) is 4.98 Å². The van der Waals surface area contributed by atoms with Gasteiger partial charge in [0.05, 0.1) is 30.6 Å². The first kappa shape index (κ1) is 13.2. The molecule has 1 aliphatic heterocycles. The molecule has 2 aromatic rings.